The summed E-state index contributed by atoms with van der Waals surface area (Å²) in [6.45, 7) is 4.11. The molecule has 1 aromatic heterocycles. The predicted molar refractivity (Wildman–Crippen MR) is 127 cm³/mol. The second kappa shape index (κ2) is 10.1. The van der Waals surface area contributed by atoms with E-state index in [2.05, 4.69) is 32.5 Å². The molecule has 2 N–H and O–H groups in total. The molecule has 7 heteroatoms. The number of aromatic nitrogens is 1. The molecule has 0 saturated carbocycles. The number of carbonyl (C=O) groups excluding carboxylic acids is 2. The van der Waals surface area contributed by atoms with Crippen LogP contribution < -0.4 is 15.5 Å². The van der Waals surface area contributed by atoms with Crippen LogP contribution in [0, 0.1) is 0 Å². The van der Waals surface area contributed by atoms with E-state index in [0.29, 0.717) is 22.6 Å². The van der Waals surface area contributed by atoms with Crippen molar-refractivity contribution in [1.82, 2.24) is 9.88 Å². The predicted octanol–water partition coefficient (Wildman–Crippen LogP) is 3.73. The van der Waals surface area contributed by atoms with E-state index in [4.69, 9.17) is 0 Å². The topological polar surface area (TPSA) is 77.6 Å². The SMILES string of the molecule is CN1CCCN(c2ccc(C(=O)Nc3ccccc3C(=O)Nc3ccccn3)cc2)CC1. The van der Waals surface area contributed by atoms with Gasteiger partial charge < -0.3 is 20.4 Å². The number of amides is 2. The van der Waals surface area contributed by atoms with Crippen molar-refractivity contribution in [3.8, 4) is 0 Å². The third-order valence-electron chi connectivity index (χ3n) is 5.54. The van der Waals surface area contributed by atoms with Gasteiger partial charge in [-0.2, -0.15) is 0 Å². The van der Waals surface area contributed by atoms with Crippen LogP contribution in [-0.4, -0.2) is 54.9 Å². The van der Waals surface area contributed by atoms with Crippen molar-refractivity contribution in [1.29, 1.82) is 0 Å². The van der Waals surface area contributed by atoms with Crippen molar-refractivity contribution in [3.05, 3.63) is 84.1 Å². The number of likely N-dealkylation sites (N-methyl/N-ethyl adjacent to an activating group) is 1. The van der Waals surface area contributed by atoms with Crippen LogP contribution in [0.15, 0.2) is 72.9 Å². The smallest absolute Gasteiger partial charge is 0.258 e. The van der Waals surface area contributed by atoms with Gasteiger partial charge in [0.15, 0.2) is 0 Å². The quantitative estimate of drug-likeness (QED) is 0.646. The number of nitrogens with one attached hydrogen (secondary N) is 2. The molecule has 3 aromatic rings. The molecule has 0 atom stereocenters. The number of rotatable bonds is 5. The van der Waals surface area contributed by atoms with Crippen molar-refractivity contribution in [2.45, 2.75) is 6.42 Å². The molecule has 7 nitrogen and oxygen atoms in total. The molecule has 164 valence electrons. The third kappa shape index (κ3) is 5.31. The van der Waals surface area contributed by atoms with Crippen LogP contribution in [0.3, 0.4) is 0 Å². The fourth-order valence-corrected chi connectivity index (χ4v) is 3.73. The van der Waals surface area contributed by atoms with Gasteiger partial charge in [0.1, 0.15) is 5.82 Å². The lowest BCUT2D eigenvalue weighted by Crippen LogP contribution is -2.28. The Kier molecular flexibility index (Phi) is 6.77. The van der Waals surface area contributed by atoms with E-state index in [-0.39, 0.29) is 11.8 Å². The summed E-state index contributed by atoms with van der Waals surface area (Å²) in [5.41, 5.74) is 2.48. The summed E-state index contributed by atoms with van der Waals surface area (Å²) in [6.07, 6.45) is 2.73. The summed E-state index contributed by atoms with van der Waals surface area (Å²) in [7, 11) is 2.14. The van der Waals surface area contributed by atoms with Crippen LogP contribution in [0.1, 0.15) is 27.1 Å². The van der Waals surface area contributed by atoms with Gasteiger partial charge in [-0.05, 0) is 68.5 Å². The Labute approximate surface area is 188 Å². The average Bonchev–Trinajstić information content (AvgIpc) is 3.04. The molecule has 1 aliphatic rings. The monoisotopic (exact) mass is 429 g/mol. The lowest BCUT2D eigenvalue weighted by molar-refractivity contribution is 0.102. The molecular formula is C25H27N5O2. The molecule has 1 aliphatic heterocycles. The number of carbonyl (C=O) groups is 2. The van der Waals surface area contributed by atoms with Gasteiger partial charge in [0.2, 0.25) is 0 Å². The van der Waals surface area contributed by atoms with E-state index in [1.807, 2.05) is 24.3 Å². The van der Waals surface area contributed by atoms with Gasteiger partial charge >= 0.3 is 0 Å². The number of para-hydroxylation sites is 1. The van der Waals surface area contributed by atoms with E-state index >= 15 is 0 Å². The number of hydrogen-bond acceptors (Lipinski definition) is 5. The fraction of sp³-hybridized carbons (Fsp3) is 0.240. The highest BCUT2D eigenvalue weighted by Crippen LogP contribution is 2.20. The molecule has 0 unspecified atom stereocenters. The highest BCUT2D eigenvalue weighted by Gasteiger charge is 2.16. The molecule has 1 saturated heterocycles. The zero-order valence-electron chi connectivity index (χ0n) is 18.1. The minimum atomic E-state index is -0.332. The zero-order chi connectivity index (χ0) is 22.3. The molecule has 0 spiro atoms. The zero-order valence-corrected chi connectivity index (χ0v) is 18.1. The Balaban J connectivity index is 1.44. The highest BCUT2D eigenvalue weighted by molar-refractivity contribution is 6.12. The number of nitrogens with zero attached hydrogens (tertiary/aromatic N) is 3. The standard InChI is InChI=1S/C25H27N5O2/c1-29-15-6-16-30(18-17-29)20-12-10-19(11-13-20)24(31)27-22-8-3-2-7-21(22)25(32)28-23-9-4-5-14-26-23/h2-5,7-14H,6,15-18H2,1H3,(H,27,31)(H,26,28,32). The molecule has 2 aromatic carbocycles. The summed E-state index contributed by atoms with van der Waals surface area (Å²) in [4.78, 5) is 34.4. The molecular weight excluding hydrogens is 402 g/mol. The van der Waals surface area contributed by atoms with E-state index in [0.717, 1.165) is 38.3 Å². The van der Waals surface area contributed by atoms with E-state index in [1.165, 1.54) is 0 Å². The second-order valence-corrected chi connectivity index (χ2v) is 7.86. The maximum absolute atomic E-state index is 12.9. The van der Waals surface area contributed by atoms with Crippen molar-refractivity contribution >= 4 is 29.0 Å². The molecule has 0 bridgehead atoms. The van der Waals surface area contributed by atoms with Crippen LogP contribution in [0.2, 0.25) is 0 Å². The maximum atomic E-state index is 12.9. The van der Waals surface area contributed by atoms with Crippen molar-refractivity contribution in [2.75, 3.05) is 48.8 Å². The normalized spacial score (nSPS) is 14.5. The Morgan fingerprint density at radius 3 is 2.38 bits per heavy atom. The van der Waals surface area contributed by atoms with Gasteiger partial charge in [0.25, 0.3) is 11.8 Å². The number of benzene rings is 2. The lowest BCUT2D eigenvalue weighted by atomic mass is 10.1. The minimum Gasteiger partial charge on any atom is -0.370 e. The molecule has 1 fully saturated rings. The van der Waals surface area contributed by atoms with E-state index in [1.54, 1.807) is 48.7 Å². The summed E-state index contributed by atoms with van der Waals surface area (Å²) < 4.78 is 0. The van der Waals surface area contributed by atoms with Crippen LogP contribution in [0.4, 0.5) is 17.2 Å². The summed E-state index contributed by atoms with van der Waals surface area (Å²) >= 11 is 0. The molecule has 4 rings (SSSR count). The third-order valence-corrected chi connectivity index (χ3v) is 5.54. The summed E-state index contributed by atoms with van der Waals surface area (Å²) in [5.74, 6) is -0.139. The number of pyridine rings is 1. The summed E-state index contributed by atoms with van der Waals surface area (Å²) in [5, 5.41) is 5.62. The van der Waals surface area contributed by atoms with Gasteiger partial charge in [0.05, 0.1) is 11.3 Å². The number of anilines is 3. The van der Waals surface area contributed by atoms with Gasteiger partial charge in [-0.3, -0.25) is 9.59 Å². The van der Waals surface area contributed by atoms with Crippen molar-refractivity contribution in [2.24, 2.45) is 0 Å². The minimum absolute atomic E-state index is 0.259. The van der Waals surface area contributed by atoms with Gasteiger partial charge in [-0.1, -0.05) is 18.2 Å². The number of hydrogen-bond donors (Lipinski definition) is 2. The fourth-order valence-electron chi connectivity index (χ4n) is 3.73. The maximum Gasteiger partial charge on any atom is 0.258 e. The van der Waals surface area contributed by atoms with Gasteiger partial charge in [0, 0.05) is 37.1 Å². The van der Waals surface area contributed by atoms with Gasteiger partial charge in [-0.15, -0.1) is 0 Å². The first-order chi connectivity index (χ1) is 15.6. The second-order valence-electron chi connectivity index (χ2n) is 7.86. The lowest BCUT2D eigenvalue weighted by Gasteiger charge is -2.23. The first-order valence-corrected chi connectivity index (χ1v) is 10.8. The van der Waals surface area contributed by atoms with E-state index in [9.17, 15) is 9.59 Å². The van der Waals surface area contributed by atoms with Gasteiger partial charge in [-0.25, -0.2) is 4.98 Å². The average molecular weight is 430 g/mol. The largest absolute Gasteiger partial charge is 0.370 e. The first-order valence-electron chi connectivity index (χ1n) is 10.8. The van der Waals surface area contributed by atoms with Crippen LogP contribution >= 0.6 is 0 Å². The molecule has 2 heterocycles. The Hall–Kier alpha value is -3.71. The Morgan fingerprint density at radius 2 is 1.59 bits per heavy atom. The highest BCUT2D eigenvalue weighted by atomic mass is 16.2. The van der Waals surface area contributed by atoms with Crippen LogP contribution in [0.5, 0.6) is 0 Å². The molecule has 0 aliphatic carbocycles. The van der Waals surface area contributed by atoms with Crippen LogP contribution in [0.25, 0.3) is 0 Å². The summed E-state index contributed by atoms with van der Waals surface area (Å²) in [6, 6.07) is 19.8. The molecule has 0 radical (unpaired) electrons. The first kappa shape index (κ1) is 21.5. The van der Waals surface area contributed by atoms with Crippen LogP contribution in [-0.2, 0) is 0 Å². The Morgan fingerprint density at radius 1 is 0.812 bits per heavy atom. The van der Waals surface area contributed by atoms with Crippen molar-refractivity contribution < 1.29 is 9.59 Å². The molecule has 32 heavy (non-hydrogen) atoms. The van der Waals surface area contributed by atoms with E-state index < -0.39 is 0 Å². The van der Waals surface area contributed by atoms with Crippen molar-refractivity contribution in [3.63, 3.8) is 0 Å². The molecule has 2 amide bonds. The Bertz CT molecular complexity index is 1070.